The van der Waals surface area contributed by atoms with Crippen LogP contribution < -0.4 is 10.6 Å². The molecule has 2 aromatic heterocycles. The van der Waals surface area contributed by atoms with Crippen LogP contribution in [-0.4, -0.2) is 21.8 Å². The van der Waals surface area contributed by atoms with Crippen LogP contribution in [0.2, 0.25) is 0 Å². The van der Waals surface area contributed by atoms with Crippen molar-refractivity contribution in [2.24, 2.45) is 12.8 Å². The second-order valence-electron chi connectivity index (χ2n) is 5.23. The summed E-state index contributed by atoms with van der Waals surface area (Å²) < 4.78 is 1.82. The van der Waals surface area contributed by atoms with E-state index in [4.69, 9.17) is 5.73 Å². The van der Waals surface area contributed by atoms with Crippen molar-refractivity contribution in [2.45, 2.75) is 13.1 Å². The predicted octanol–water partition coefficient (Wildman–Crippen LogP) is 2.06. The highest BCUT2D eigenvalue weighted by Crippen LogP contribution is 2.29. The Morgan fingerprint density at radius 3 is 2.76 bits per heavy atom. The fourth-order valence-electron chi connectivity index (χ4n) is 2.67. The zero-order chi connectivity index (χ0) is 14.8. The molecule has 3 rings (SSSR count). The van der Waals surface area contributed by atoms with Gasteiger partial charge in [0.2, 0.25) is 0 Å². The Hall–Kier alpha value is -2.40. The number of rotatable bonds is 4. The van der Waals surface area contributed by atoms with Crippen molar-refractivity contribution >= 4 is 16.6 Å². The maximum atomic E-state index is 5.89. The largest absolute Gasteiger partial charge is 0.369 e. The minimum atomic E-state index is 0.477. The first-order valence-electron chi connectivity index (χ1n) is 6.94. The molecule has 0 aliphatic heterocycles. The van der Waals surface area contributed by atoms with Gasteiger partial charge in [-0.05, 0) is 6.07 Å². The van der Waals surface area contributed by atoms with E-state index in [2.05, 4.69) is 28.1 Å². The van der Waals surface area contributed by atoms with E-state index in [1.807, 2.05) is 48.5 Å². The SMILES string of the molecule is CN(Cc1cnn(C)c1)c1c(CN)cnc2ccccc12. The van der Waals surface area contributed by atoms with Crippen molar-refractivity contribution < 1.29 is 0 Å². The highest BCUT2D eigenvalue weighted by molar-refractivity contribution is 5.93. The van der Waals surface area contributed by atoms with Gasteiger partial charge in [-0.1, -0.05) is 18.2 Å². The first-order valence-corrected chi connectivity index (χ1v) is 6.94. The molecule has 5 nitrogen and oxygen atoms in total. The molecule has 2 heterocycles. The monoisotopic (exact) mass is 281 g/mol. The second-order valence-corrected chi connectivity index (χ2v) is 5.23. The summed E-state index contributed by atoms with van der Waals surface area (Å²) in [7, 11) is 4.00. The van der Waals surface area contributed by atoms with Gasteiger partial charge in [0, 0.05) is 56.1 Å². The number of pyridine rings is 1. The van der Waals surface area contributed by atoms with Crippen LogP contribution in [0, 0.1) is 0 Å². The first-order chi connectivity index (χ1) is 10.2. The zero-order valence-electron chi connectivity index (χ0n) is 12.3. The van der Waals surface area contributed by atoms with Crippen molar-refractivity contribution in [3.8, 4) is 0 Å². The van der Waals surface area contributed by atoms with E-state index in [1.54, 1.807) is 0 Å². The molecule has 0 unspecified atom stereocenters. The predicted molar refractivity (Wildman–Crippen MR) is 84.9 cm³/mol. The maximum absolute atomic E-state index is 5.89. The normalized spacial score (nSPS) is 11.0. The summed E-state index contributed by atoms with van der Waals surface area (Å²) in [4.78, 5) is 6.69. The second kappa shape index (κ2) is 5.54. The maximum Gasteiger partial charge on any atom is 0.0723 e. The molecule has 0 aliphatic carbocycles. The highest BCUT2D eigenvalue weighted by atomic mass is 15.2. The number of aromatic nitrogens is 3. The average Bonchev–Trinajstić information content (AvgIpc) is 2.90. The number of fused-ring (bicyclic) bond motifs is 1. The van der Waals surface area contributed by atoms with Crippen LogP contribution in [0.1, 0.15) is 11.1 Å². The number of hydrogen-bond donors (Lipinski definition) is 1. The fourth-order valence-corrected chi connectivity index (χ4v) is 2.67. The van der Waals surface area contributed by atoms with E-state index in [0.29, 0.717) is 6.54 Å². The minimum Gasteiger partial charge on any atom is -0.369 e. The van der Waals surface area contributed by atoms with Crippen LogP contribution in [0.15, 0.2) is 42.9 Å². The molecule has 0 radical (unpaired) electrons. The molecule has 21 heavy (non-hydrogen) atoms. The summed E-state index contributed by atoms with van der Waals surface area (Å²) in [5.74, 6) is 0. The van der Waals surface area contributed by atoms with E-state index in [9.17, 15) is 0 Å². The molecule has 0 aliphatic rings. The molecular weight excluding hydrogens is 262 g/mol. The highest BCUT2D eigenvalue weighted by Gasteiger charge is 2.13. The van der Waals surface area contributed by atoms with Crippen LogP contribution in [0.5, 0.6) is 0 Å². The van der Waals surface area contributed by atoms with Crippen LogP contribution in [-0.2, 0) is 20.1 Å². The van der Waals surface area contributed by atoms with Crippen molar-refractivity contribution in [3.63, 3.8) is 0 Å². The average molecular weight is 281 g/mol. The number of hydrogen-bond acceptors (Lipinski definition) is 4. The Balaban J connectivity index is 2.04. The number of nitrogens with zero attached hydrogens (tertiary/aromatic N) is 4. The molecule has 2 N–H and O–H groups in total. The summed E-state index contributed by atoms with van der Waals surface area (Å²) in [6.45, 7) is 1.26. The van der Waals surface area contributed by atoms with Gasteiger partial charge in [-0.25, -0.2) is 0 Å². The van der Waals surface area contributed by atoms with Crippen molar-refractivity contribution in [3.05, 3.63) is 54.0 Å². The summed E-state index contributed by atoms with van der Waals surface area (Å²) >= 11 is 0. The van der Waals surface area contributed by atoms with Crippen LogP contribution in [0.4, 0.5) is 5.69 Å². The molecule has 3 aromatic rings. The van der Waals surface area contributed by atoms with E-state index < -0.39 is 0 Å². The third kappa shape index (κ3) is 2.60. The first kappa shape index (κ1) is 13.6. The summed E-state index contributed by atoms with van der Waals surface area (Å²) in [5.41, 5.74) is 10.3. The van der Waals surface area contributed by atoms with Gasteiger partial charge in [0.15, 0.2) is 0 Å². The molecular formula is C16H19N5. The number of nitrogens with two attached hydrogens (primary N) is 1. The molecule has 0 bridgehead atoms. The Bertz CT molecular complexity index is 762. The topological polar surface area (TPSA) is 60.0 Å². The molecule has 0 saturated carbocycles. The molecule has 108 valence electrons. The lowest BCUT2D eigenvalue weighted by Crippen LogP contribution is -2.19. The van der Waals surface area contributed by atoms with Gasteiger partial charge in [0.1, 0.15) is 0 Å². The zero-order valence-corrected chi connectivity index (χ0v) is 12.3. The number of aryl methyl sites for hydroxylation is 1. The molecule has 0 atom stereocenters. The van der Waals surface area contributed by atoms with E-state index >= 15 is 0 Å². The minimum absolute atomic E-state index is 0.477. The molecule has 0 amide bonds. The van der Waals surface area contributed by atoms with Crippen molar-refractivity contribution in [1.29, 1.82) is 0 Å². The smallest absolute Gasteiger partial charge is 0.0723 e. The van der Waals surface area contributed by atoms with Gasteiger partial charge in [0.25, 0.3) is 0 Å². The van der Waals surface area contributed by atoms with Crippen molar-refractivity contribution in [2.75, 3.05) is 11.9 Å². The third-order valence-corrected chi connectivity index (χ3v) is 3.60. The van der Waals surface area contributed by atoms with Gasteiger partial charge < -0.3 is 10.6 Å². The quantitative estimate of drug-likeness (QED) is 0.795. The Kier molecular flexibility index (Phi) is 3.58. The third-order valence-electron chi connectivity index (χ3n) is 3.60. The molecule has 0 saturated heterocycles. The van der Waals surface area contributed by atoms with Gasteiger partial charge in [-0.2, -0.15) is 5.10 Å². The lowest BCUT2D eigenvalue weighted by molar-refractivity contribution is 0.766. The Morgan fingerprint density at radius 2 is 2.05 bits per heavy atom. The van der Waals surface area contributed by atoms with Crippen LogP contribution in [0.25, 0.3) is 10.9 Å². The summed E-state index contributed by atoms with van der Waals surface area (Å²) in [6.07, 6.45) is 5.79. The number of anilines is 1. The Labute approximate surface area is 124 Å². The van der Waals surface area contributed by atoms with Crippen LogP contribution >= 0.6 is 0 Å². The molecule has 0 spiro atoms. The lowest BCUT2D eigenvalue weighted by Gasteiger charge is -2.23. The van der Waals surface area contributed by atoms with Gasteiger partial charge in [-0.15, -0.1) is 0 Å². The molecule has 0 fully saturated rings. The summed E-state index contributed by atoms with van der Waals surface area (Å²) in [6, 6.07) is 8.15. The standard InChI is InChI=1S/C16H19N5/c1-20(10-12-8-19-21(2)11-12)16-13(7-17)9-18-15-6-4-3-5-14(15)16/h3-6,8-9,11H,7,10,17H2,1-2H3. The molecule has 1 aromatic carbocycles. The van der Waals surface area contributed by atoms with Crippen molar-refractivity contribution in [1.82, 2.24) is 14.8 Å². The van der Waals surface area contributed by atoms with Crippen LogP contribution in [0.3, 0.4) is 0 Å². The fraction of sp³-hybridized carbons (Fsp3) is 0.250. The van der Waals surface area contributed by atoms with Gasteiger partial charge in [0.05, 0.1) is 17.4 Å². The van der Waals surface area contributed by atoms with E-state index in [0.717, 1.165) is 28.7 Å². The number of para-hydroxylation sites is 1. The lowest BCUT2D eigenvalue weighted by atomic mass is 10.1. The van der Waals surface area contributed by atoms with E-state index in [1.165, 1.54) is 5.56 Å². The Morgan fingerprint density at radius 1 is 1.24 bits per heavy atom. The van der Waals surface area contributed by atoms with Gasteiger partial charge >= 0.3 is 0 Å². The molecule has 5 heteroatoms. The van der Waals surface area contributed by atoms with Gasteiger partial charge in [-0.3, -0.25) is 9.67 Å². The number of benzene rings is 1. The summed E-state index contributed by atoms with van der Waals surface area (Å²) in [5, 5.41) is 5.35. The van der Waals surface area contributed by atoms with E-state index in [-0.39, 0.29) is 0 Å².